The number of nitrogens with one attached hydrogen (secondary N) is 1. The van der Waals surface area contributed by atoms with Crippen LogP contribution in [-0.4, -0.2) is 16.3 Å². The molecule has 1 aliphatic rings. The molecule has 1 N–H and O–H groups in total. The molecule has 4 heteroatoms. The molecule has 0 bridgehead atoms. The SMILES string of the molecule is CCc1nn2c(c1Br)NCCC2c1ccc(C(C)C)cc1. The number of fused-ring (bicyclic) bond motifs is 1. The van der Waals surface area contributed by atoms with Crippen molar-refractivity contribution in [2.75, 3.05) is 11.9 Å². The van der Waals surface area contributed by atoms with E-state index in [4.69, 9.17) is 5.10 Å². The minimum Gasteiger partial charge on any atom is -0.369 e. The zero-order valence-corrected chi connectivity index (χ0v) is 14.4. The summed E-state index contributed by atoms with van der Waals surface area (Å²) in [6, 6.07) is 9.35. The molecule has 1 aromatic carbocycles. The van der Waals surface area contributed by atoms with E-state index in [0.717, 1.165) is 35.4 Å². The third-order valence-corrected chi connectivity index (χ3v) is 5.08. The first-order chi connectivity index (χ1) is 10.1. The highest BCUT2D eigenvalue weighted by Gasteiger charge is 2.26. The summed E-state index contributed by atoms with van der Waals surface area (Å²) < 4.78 is 3.27. The molecule has 21 heavy (non-hydrogen) atoms. The Labute approximate surface area is 134 Å². The minimum absolute atomic E-state index is 0.332. The molecule has 3 nitrogen and oxygen atoms in total. The summed E-state index contributed by atoms with van der Waals surface area (Å²) in [5.74, 6) is 1.70. The van der Waals surface area contributed by atoms with Crippen molar-refractivity contribution in [2.24, 2.45) is 0 Å². The van der Waals surface area contributed by atoms with Crippen LogP contribution in [0.25, 0.3) is 0 Å². The van der Waals surface area contributed by atoms with Crippen LogP contribution in [0.3, 0.4) is 0 Å². The van der Waals surface area contributed by atoms with Gasteiger partial charge < -0.3 is 5.32 Å². The molecule has 112 valence electrons. The summed E-state index contributed by atoms with van der Waals surface area (Å²) in [6.45, 7) is 7.60. The first-order valence-electron chi connectivity index (χ1n) is 7.72. The Hall–Kier alpha value is -1.29. The molecule has 0 amide bonds. The van der Waals surface area contributed by atoms with Crippen molar-refractivity contribution in [3.63, 3.8) is 0 Å². The van der Waals surface area contributed by atoms with E-state index in [0.29, 0.717) is 12.0 Å². The highest BCUT2D eigenvalue weighted by molar-refractivity contribution is 9.10. The molecule has 1 atom stereocenters. The molecule has 1 unspecified atom stereocenters. The summed E-state index contributed by atoms with van der Waals surface area (Å²) >= 11 is 3.68. The van der Waals surface area contributed by atoms with Crippen LogP contribution in [0.4, 0.5) is 5.82 Å². The molecule has 1 aliphatic heterocycles. The first-order valence-corrected chi connectivity index (χ1v) is 8.51. The number of anilines is 1. The molecular formula is C17H22BrN3. The standard InChI is InChI=1S/C17H22BrN3/c1-4-14-16(18)17-19-10-9-15(21(17)20-14)13-7-5-12(6-8-13)11(2)3/h5-8,11,15,19H,4,9-10H2,1-3H3. The Morgan fingerprint density at radius 3 is 2.67 bits per heavy atom. The largest absolute Gasteiger partial charge is 0.369 e. The summed E-state index contributed by atoms with van der Waals surface area (Å²) in [7, 11) is 0. The van der Waals surface area contributed by atoms with Gasteiger partial charge in [0.2, 0.25) is 0 Å². The van der Waals surface area contributed by atoms with E-state index in [1.807, 2.05) is 0 Å². The van der Waals surface area contributed by atoms with E-state index in [9.17, 15) is 0 Å². The number of aromatic nitrogens is 2. The highest BCUT2D eigenvalue weighted by Crippen LogP contribution is 2.36. The molecule has 0 saturated carbocycles. The van der Waals surface area contributed by atoms with E-state index in [1.54, 1.807) is 0 Å². The van der Waals surface area contributed by atoms with Crippen LogP contribution in [0.5, 0.6) is 0 Å². The second-order valence-corrected chi connectivity index (χ2v) is 6.75. The van der Waals surface area contributed by atoms with Gasteiger partial charge in [-0.15, -0.1) is 0 Å². The number of hydrogen-bond donors (Lipinski definition) is 1. The molecule has 0 saturated heterocycles. The maximum absolute atomic E-state index is 4.79. The van der Waals surface area contributed by atoms with Crippen LogP contribution in [0.2, 0.25) is 0 Å². The average Bonchev–Trinajstić information content (AvgIpc) is 2.84. The Morgan fingerprint density at radius 1 is 1.33 bits per heavy atom. The van der Waals surface area contributed by atoms with E-state index < -0.39 is 0 Å². The number of rotatable bonds is 3. The lowest BCUT2D eigenvalue weighted by molar-refractivity contribution is 0.478. The van der Waals surface area contributed by atoms with Gasteiger partial charge in [0.05, 0.1) is 16.2 Å². The van der Waals surface area contributed by atoms with Crippen LogP contribution >= 0.6 is 15.9 Å². The normalized spacial score (nSPS) is 17.7. The minimum atomic E-state index is 0.332. The first kappa shape index (κ1) is 14.6. The summed E-state index contributed by atoms with van der Waals surface area (Å²) in [5, 5.41) is 8.26. The van der Waals surface area contributed by atoms with Gasteiger partial charge in [0.25, 0.3) is 0 Å². The molecule has 0 radical (unpaired) electrons. The van der Waals surface area contributed by atoms with Gasteiger partial charge in [-0.25, -0.2) is 4.68 Å². The molecule has 0 aliphatic carbocycles. The van der Waals surface area contributed by atoms with Gasteiger partial charge in [0.15, 0.2) is 0 Å². The second kappa shape index (κ2) is 5.84. The third-order valence-electron chi connectivity index (χ3n) is 4.25. The van der Waals surface area contributed by atoms with Crippen LogP contribution in [0.1, 0.15) is 56.0 Å². The fraction of sp³-hybridized carbons (Fsp3) is 0.471. The van der Waals surface area contributed by atoms with E-state index in [-0.39, 0.29) is 0 Å². The molecule has 1 aromatic heterocycles. The van der Waals surface area contributed by atoms with Crippen LogP contribution in [0, 0.1) is 0 Å². The maximum atomic E-state index is 4.79. The summed E-state index contributed by atoms with van der Waals surface area (Å²) in [4.78, 5) is 0. The number of halogens is 1. The second-order valence-electron chi connectivity index (χ2n) is 5.96. The van der Waals surface area contributed by atoms with Crippen molar-refractivity contribution >= 4 is 21.7 Å². The third kappa shape index (κ3) is 2.61. The predicted molar refractivity (Wildman–Crippen MR) is 91.1 cm³/mol. The fourth-order valence-corrected chi connectivity index (χ4v) is 3.61. The van der Waals surface area contributed by atoms with Crippen molar-refractivity contribution in [3.8, 4) is 0 Å². The van der Waals surface area contributed by atoms with E-state index >= 15 is 0 Å². The van der Waals surface area contributed by atoms with Gasteiger partial charge in [-0.05, 0) is 45.8 Å². The number of nitrogens with zero attached hydrogens (tertiary/aromatic N) is 2. The molecular weight excluding hydrogens is 326 g/mol. The Kier molecular flexibility index (Phi) is 4.07. The van der Waals surface area contributed by atoms with Gasteiger partial charge in [-0.1, -0.05) is 45.0 Å². The summed E-state index contributed by atoms with van der Waals surface area (Å²) in [5.41, 5.74) is 3.87. The Balaban J connectivity index is 1.98. The number of benzene rings is 1. The zero-order chi connectivity index (χ0) is 15.0. The molecule has 0 spiro atoms. The lowest BCUT2D eigenvalue weighted by Crippen LogP contribution is -2.24. The van der Waals surface area contributed by atoms with E-state index in [2.05, 4.69) is 71.0 Å². The van der Waals surface area contributed by atoms with Crippen LogP contribution < -0.4 is 5.32 Å². The fourth-order valence-electron chi connectivity index (χ4n) is 2.93. The van der Waals surface area contributed by atoms with Gasteiger partial charge >= 0.3 is 0 Å². The van der Waals surface area contributed by atoms with Crippen LogP contribution in [0.15, 0.2) is 28.7 Å². The topological polar surface area (TPSA) is 29.9 Å². The highest BCUT2D eigenvalue weighted by atomic mass is 79.9. The van der Waals surface area contributed by atoms with Gasteiger partial charge in [0.1, 0.15) is 5.82 Å². The lowest BCUT2D eigenvalue weighted by Gasteiger charge is -2.26. The molecule has 2 aromatic rings. The van der Waals surface area contributed by atoms with Crippen molar-refractivity contribution < 1.29 is 0 Å². The predicted octanol–water partition coefficient (Wildman–Crippen LogP) is 4.74. The lowest BCUT2D eigenvalue weighted by atomic mass is 9.97. The zero-order valence-electron chi connectivity index (χ0n) is 12.9. The number of aryl methyl sites for hydroxylation is 1. The maximum Gasteiger partial charge on any atom is 0.139 e. The average molecular weight is 348 g/mol. The quantitative estimate of drug-likeness (QED) is 0.869. The van der Waals surface area contributed by atoms with Crippen molar-refractivity contribution in [2.45, 2.75) is 45.6 Å². The van der Waals surface area contributed by atoms with Crippen molar-refractivity contribution in [1.29, 1.82) is 0 Å². The molecule has 2 heterocycles. The summed E-state index contributed by atoms with van der Waals surface area (Å²) in [6.07, 6.45) is 2.02. The smallest absolute Gasteiger partial charge is 0.139 e. The Morgan fingerprint density at radius 2 is 2.05 bits per heavy atom. The molecule has 0 fully saturated rings. The van der Waals surface area contributed by atoms with Gasteiger partial charge in [-0.3, -0.25) is 0 Å². The van der Waals surface area contributed by atoms with Crippen molar-refractivity contribution in [3.05, 3.63) is 45.6 Å². The van der Waals surface area contributed by atoms with Crippen LogP contribution in [-0.2, 0) is 6.42 Å². The molecule has 3 rings (SSSR count). The number of hydrogen-bond acceptors (Lipinski definition) is 2. The Bertz CT molecular complexity index is 628. The van der Waals surface area contributed by atoms with Gasteiger partial charge in [0, 0.05) is 6.54 Å². The van der Waals surface area contributed by atoms with Crippen molar-refractivity contribution in [1.82, 2.24) is 9.78 Å². The van der Waals surface area contributed by atoms with Gasteiger partial charge in [-0.2, -0.15) is 5.10 Å². The monoisotopic (exact) mass is 347 g/mol. The van der Waals surface area contributed by atoms with E-state index in [1.165, 1.54) is 11.1 Å².